The van der Waals surface area contributed by atoms with E-state index >= 15 is 0 Å². The lowest BCUT2D eigenvalue weighted by Gasteiger charge is -2.30. The summed E-state index contributed by atoms with van der Waals surface area (Å²) in [4.78, 5) is 14.3. The minimum atomic E-state index is -0.688. The van der Waals surface area contributed by atoms with E-state index in [1.807, 2.05) is 37.3 Å². The van der Waals surface area contributed by atoms with E-state index in [0.29, 0.717) is 19.8 Å². The first-order chi connectivity index (χ1) is 9.61. The van der Waals surface area contributed by atoms with E-state index in [-0.39, 0.29) is 11.9 Å². The molecule has 4 nitrogen and oxygen atoms in total. The summed E-state index contributed by atoms with van der Waals surface area (Å²) >= 11 is 6.30. The van der Waals surface area contributed by atoms with Gasteiger partial charge in [-0.25, -0.2) is 0 Å². The lowest BCUT2D eigenvalue weighted by atomic mass is 10.1. The van der Waals surface area contributed by atoms with Crippen LogP contribution in [0.15, 0.2) is 30.3 Å². The van der Waals surface area contributed by atoms with Crippen LogP contribution in [0, 0.1) is 0 Å². The first-order valence-electron chi connectivity index (χ1n) is 6.59. The number of hydrogen-bond donors (Lipinski definition) is 0. The first kappa shape index (κ1) is 17.0. The maximum absolute atomic E-state index is 12.5. The van der Waals surface area contributed by atoms with Gasteiger partial charge in [0.2, 0.25) is 5.91 Å². The molecule has 1 aromatic carbocycles. The normalized spacial score (nSPS) is 13.8. The number of benzene rings is 1. The summed E-state index contributed by atoms with van der Waals surface area (Å²) in [6, 6.07) is 9.29. The molecular formula is C15H22ClNO3. The summed E-state index contributed by atoms with van der Waals surface area (Å²) in [6.45, 7) is 3.37. The molecule has 0 bridgehead atoms. The van der Waals surface area contributed by atoms with Gasteiger partial charge < -0.3 is 14.4 Å². The molecule has 0 fully saturated rings. The van der Waals surface area contributed by atoms with Crippen LogP contribution in [-0.4, -0.2) is 50.8 Å². The van der Waals surface area contributed by atoms with E-state index < -0.39 is 5.38 Å². The minimum absolute atomic E-state index is 0.0485. The van der Waals surface area contributed by atoms with Gasteiger partial charge in [-0.1, -0.05) is 30.3 Å². The molecule has 0 saturated carbocycles. The second-order valence-electron chi connectivity index (χ2n) is 4.60. The molecular weight excluding hydrogens is 278 g/mol. The molecule has 0 radical (unpaired) electrons. The summed E-state index contributed by atoms with van der Waals surface area (Å²) in [5.74, 6) is -0.125. The van der Waals surface area contributed by atoms with Gasteiger partial charge in [-0.2, -0.15) is 0 Å². The van der Waals surface area contributed by atoms with E-state index in [4.69, 9.17) is 21.1 Å². The van der Waals surface area contributed by atoms with Crippen molar-refractivity contribution in [2.24, 2.45) is 0 Å². The van der Waals surface area contributed by atoms with Crippen LogP contribution in [0.5, 0.6) is 0 Å². The lowest BCUT2D eigenvalue weighted by molar-refractivity contribution is -0.134. The molecule has 0 heterocycles. The third kappa shape index (κ3) is 4.78. The van der Waals surface area contributed by atoms with Crippen LogP contribution >= 0.6 is 11.6 Å². The average molecular weight is 300 g/mol. The molecule has 0 saturated heterocycles. The maximum Gasteiger partial charge on any atom is 0.245 e. The Balaban J connectivity index is 2.80. The maximum atomic E-state index is 12.5. The molecule has 0 aliphatic carbocycles. The number of rotatable bonds is 8. The average Bonchev–Trinajstić information content (AvgIpc) is 2.48. The van der Waals surface area contributed by atoms with Crippen LogP contribution in [0.25, 0.3) is 0 Å². The highest BCUT2D eigenvalue weighted by Gasteiger charge is 2.27. The molecule has 0 spiro atoms. The Hall–Kier alpha value is -1.10. The van der Waals surface area contributed by atoms with Crippen molar-refractivity contribution >= 4 is 17.5 Å². The van der Waals surface area contributed by atoms with Crippen molar-refractivity contribution in [2.75, 3.05) is 34.0 Å². The molecule has 0 aliphatic heterocycles. The molecule has 2 atom stereocenters. The van der Waals surface area contributed by atoms with E-state index in [9.17, 15) is 4.79 Å². The van der Waals surface area contributed by atoms with E-state index in [1.165, 1.54) is 0 Å². The topological polar surface area (TPSA) is 38.8 Å². The van der Waals surface area contributed by atoms with Crippen LogP contribution in [-0.2, 0) is 14.3 Å². The molecule has 1 amide bonds. The Kier molecular flexibility index (Phi) is 7.59. The Morgan fingerprint density at radius 2 is 1.90 bits per heavy atom. The fraction of sp³-hybridized carbons (Fsp3) is 0.533. The van der Waals surface area contributed by atoms with E-state index in [1.54, 1.807) is 19.1 Å². The summed E-state index contributed by atoms with van der Waals surface area (Å²) in [6.07, 6.45) is 0. The number of carbonyl (C=O) groups excluding carboxylic acids is 1. The van der Waals surface area contributed by atoms with Gasteiger partial charge in [-0.3, -0.25) is 4.79 Å². The highest BCUT2D eigenvalue weighted by molar-refractivity contribution is 6.30. The summed E-state index contributed by atoms with van der Waals surface area (Å²) < 4.78 is 10.2. The molecule has 20 heavy (non-hydrogen) atoms. The minimum Gasteiger partial charge on any atom is -0.383 e. The molecule has 5 heteroatoms. The van der Waals surface area contributed by atoms with Gasteiger partial charge in [0.1, 0.15) is 5.38 Å². The van der Waals surface area contributed by atoms with Crippen LogP contribution in [0.2, 0.25) is 0 Å². The number of carbonyl (C=O) groups is 1. The number of methoxy groups -OCH3 is 2. The predicted octanol–water partition coefficient (Wildman–Crippen LogP) is 2.48. The Bertz CT molecular complexity index is 399. The van der Waals surface area contributed by atoms with Gasteiger partial charge in [-0.05, 0) is 12.5 Å². The second kappa shape index (κ2) is 8.95. The fourth-order valence-electron chi connectivity index (χ4n) is 1.98. The van der Waals surface area contributed by atoms with Crippen molar-refractivity contribution in [3.05, 3.63) is 35.9 Å². The summed E-state index contributed by atoms with van der Waals surface area (Å²) in [7, 11) is 3.23. The van der Waals surface area contributed by atoms with Crippen molar-refractivity contribution < 1.29 is 14.3 Å². The second-order valence-corrected chi connectivity index (χ2v) is 5.04. The molecule has 1 aromatic rings. The summed E-state index contributed by atoms with van der Waals surface area (Å²) in [5, 5.41) is -0.688. The van der Waals surface area contributed by atoms with Gasteiger partial charge in [0.25, 0.3) is 0 Å². The zero-order valence-corrected chi connectivity index (χ0v) is 13.0. The monoisotopic (exact) mass is 299 g/mol. The fourth-order valence-corrected chi connectivity index (χ4v) is 2.25. The quantitative estimate of drug-likeness (QED) is 0.692. The standard InChI is InChI=1S/C15H22ClNO3/c1-12(11-20-3)17(9-10-19-2)15(18)14(16)13-7-5-4-6-8-13/h4-8,12,14H,9-11H2,1-3H3. The third-order valence-corrected chi connectivity index (χ3v) is 3.51. The van der Waals surface area contributed by atoms with Crippen LogP contribution in [0.4, 0.5) is 0 Å². The molecule has 0 aliphatic rings. The van der Waals surface area contributed by atoms with Gasteiger partial charge in [-0.15, -0.1) is 11.6 Å². The van der Waals surface area contributed by atoms with Crippen LogP contribution in [0.1, 0.15) is 17.9 Å². The highest BCUT2D eigenvalue weighted by Crippen LogP contribution is 2.23. The predicted molar refractivity (Wildman–Crippen MR) is 80.0 cm³/mol. The van der Waals surface area contributed by atoms with E-state index in [0.717, 1.165) is 5.56 Å². The van der Waals surface area contributed by atoms with Gasteiger partial charge in [0.15, 0.2) is 0 Å². The van der Waals surface area contributed by atoms with Crippen molar-refractivity contribution in [2.45, 2.75) is 18.3 Å². The Morgan fingerprint density at radius 3 is 2.45 bits per heavy atom. The van der Waals surface area contributed by atoms with Crippen LogP contribution in [0.3, 0.4) is 0 Å². The molecule has 0 N–H and O–H groups in total. The van der Waals surface area contributed by atoms with Gasteiger partial charge in [0, 0.05) is 20.8 Å². The Labute approximate surface area is 125 Å². The number of halogens is 1. The zero-order chi connectivity index (χ0) is 15.0. The number of nitrogens with zero attached hydrogens (tertiary/aromatic N) is 1. The van der Waals surface area contributed by atoms with Gasteiger partial charge in [0.05, 0.1) is 19.3 Å². The first-order valence-corrected chi connectivity index (χ1v) is 7.02. The van der Waals surface area contributed by atoms with Gasteiger partial charge >= 0.3 is 0 Å². The smallest absolute Gasteiger partial charge is 0.245 e. The lowest BCUT2D eigenvalue weighted by Crippen LogP contribution is -2.44. The van der Waals surface area contributed by atoms with Crippen molar-refractivity contribution in [1.29, 1.82) is 0 Å². The number of ether oxygens (including phenoxy) is 2. The van der Waals surface area contributed by atoms with Crippen LogP contribution < -0.4 is 0 Å². The zero-order valence-electron chi connectivity index (χ0n) is 12.2. The largest absolute Gasteiger partial charge is 0.383 e. The van der Waals surface area contributed by atoms with Crippen molar-refractivity contribution in [1.82, 2.24) is 4.90 Å². The van der Waals surface area contributed by atoms with Crippen molar-refractivity contribution in [3.63, 3.8) is 0 Å². The molecule has 1 rings (SSSR count). The molecule has 2 unspecified atom stereocenters. The SMILES string of the molecule is COCCN(C(=O)C(Cl)c1ccccc1)C(C)COC. The number of amides is 1. The Morgan fingerprint density at radius 1 is 1.25 bits per heavy atom. The highest BCUT2D eigenvalue weighted by atomic mass is 35.5. The molecule has 112 valence electrons. The van der Waals surface area contributed by atoms with E-state index in [2.05, 4.69) is 0 Å². The molecule has 0 aromatic heterocycles. The van der Waals surface area contributed by atoms with Crippen molar-refractivity contribution in [3.8, 4) is 0 Å². The number of hydrogen-bond acceptors (Lipinski definition) is 3. The number of alkyl halides is 1. The summed E-state index contributed by atoms with van der Waals surface area (Å²) in [5.41, 5.74) is 0.797. The third-order valence-electron chi connectivity index (χ3n) is 3.07.